The van der Waals surface area contributed by atoms with Crippen LogP contribution < -0.4 is 4.74 Å². The molecule has 2 aromatic rings. The summed E-state index contributed by atoms with van der Waals surface area (Å²) < 4.78 is 17.5. The summed E-state index contributed by atoms with van der Waals surface area (Å²) in [6.07, 6.45) is 8.73. The van der Waals surface area contributed by atoms with Crippen LogP contribution in [0.25, 0.3) is 0 Å². The number of rotatable bonds is 14. The fourth-order valence-electron chi connectivity index (χ4n) is 4.28. The van der Waals surface area contributed by atoms with E-state index in [1.807, 2.05) is 36.4 Å². The summed E-state index contributed by atoms with van der Waals surface area (Å²) in [5.74, 6) is 2.32. The molecule has 0 aliphatic carbocycles. The second-order valence-corrected chi connectivity index (χ2v) is 8.61. The minimum Gasteiger partial charge on any atom is -0.497 e. The fourth-order valence-corrected chi connectivity index (χ4v) is 4.28. The molecule has 174 valence electrons. The Balaban J connectivity index is 1.75. The Bertz CT molecular complexity index is 841. The summed E-state index contributed by atoms with van der Waals surface area (Å²) in [6.45, 7) is 10.7. The van der Waals surface area contributed by atoms with Gasteiger partial charge >= 0.3 is 0 Å². The number of hydrogen-bond donors (Lipinski definition) is 1. The van der Waals surface area contributed by atoms with E-state index in [1.165, 1.54) is 5.56 Å². The van der Waals surface area contributed by atoms with Gasteiger partial charge < -0.3 is 19.0 Å². The molecule has 5 heteroatoms. The molecule has 1 fully saturated rings. The molecule has 32 heavy (non-hydrogen) atoms. The average Bonchev–Trinajstić information content (AvgIpc) is 3.49. The van der Waals surface area contributed by atoms with Gasteiger partial charge in [0.1, 0.15) is 22.9 Å². The second-order valence-electron chi connectivity index (χ2n) is 8.61. The third-order valence-electron chi connectivity index (χ3n) is 6.05. The molecule has 5 nitrogen and oxygen atoms in total. The molecular formula is C27H37NO4. The zero-order valence-corrected chi connectivity index (χ0v) is 19.3. The molecule has 0 unspecified atom stereocenters. The van der Waals surface area contributed by atoms with E-state index in [-0.39, 0.29) is 6.10 Å². The Labute approximate surface area is 192 Å². The van der Waals surface area contributed by atoms with Gasteiger partial charge in [-0.2, -0.15) is 0 Å². The van der Waals surface area contributed by atoms with Crippen LogP contribution in [-0.2, 0) is 23.4 Å². The number of aliphatic hydroxyl groups is 1. The van der Waals surface area contributed by atoms with E-state index in [0.717, 1.165) is 56.9 Å². The fraction of sp³-hybridized carbons (Fsp3) is 0.481. The molecule has 1 aliphatic rings. The number of benzene rings is 1. The lowest BCUT2D eigenvalue weighted by Crippen LogP contribution is -2.31. The Hall–Kier alpha value is -2.34. The van der Waals surface area contributed by atoms with Crippen molar-refractivity contribution in [3.63, 3.8) is 0 Å². The smallest absolute Gasteiger partial charge is 0.135 e. The Morgan fingerprint density at radius 3 is 2.59 bits per heavy atom. The summed E-state index contributed by atoms with van der Waals surface area (Å²) in [5, 5.41) is 11.3. The van der Waals surface area contributed by atoms with Crippen molar-refractivity contribution in [1.82, 2.24) is 4.90 Å². The highest BCUT2D eigenvalue weighted by atomic mass is 16.5. The summed E-state index contributed by atoms with van der Waals surface area (Å²) in [6, 6.07) is 12.1. The van der Waals surface area contributed by atoms with Crippen LogP contribution in [0.3, 0.4) is 0 Å². The molecule has 0 saturated carbocycles. The highest BCUT2D eigenvalue weighted by Gasteiger charge is 2.31. The molecule has 2 heterocycles. The standard InChI is InChI=1S/C27H37NO4/c1-4-6-15-27(29,16-7-5-2)26-14-13-25(32-26)21-28(20-24-12-9-17-31-24)19-22-10-8-11-23(18-22)30-3/h4-5,8,10-11,13-14,18,24,29H,1-2,6-7,9,12,15-17,19-21H2,3H3/t24-/m0/s1. The van der Waals surface area contributed by atoms with E-state index in [2.05, 4.69) is 30.2 Å². The van der Waals surface area contributed by atoms with E-state index < -0.39 is 5.60 Å². The summed E-state index contributed by atoms with van der Waals surface area (Å²) in [5.41, 5.74) is 0.176. The summed E-state index contributed by atoms with van der Waals surface area (Å²) >= 11 is 0. The van der Waals surface area contributed by atoms with Gasteiger partial charge in [-0.1, -0.05) is 24.3 Å². The highest BCUT2D eigenvalue weighted by molar-refractivity contribution is 5.28. The van der Waals surface area contributed by atoms with Crippen molar-refractivity contribution in [3.8, 4) is 5.75 Å². The summed E-state index contributed by atoms with van der Waals surface area (Å²) in [4.78, 5) is 2.35. The molecule has 0 amide bonds. The third kappa shape index (κ3) is 6.83. The van der Waals surface area contributed by atoms with Crippen LogP contribution >= 0.6 is 0 Å². The van der Waals surface area contributed by atoms with Gasteiger partial charge in [-0.05, 0) is 68.4 Å². The highest BCUT2D eigenvalue weighted by Crippen LogP contribution is 2.33. The van der Waals surface area contributed by atoms with Crippen LogP contribution in [0.2, 0.25) is 0 Å². The molecule has 0 bridgehead atoms. The van der Waals surface area contributed by atoms with Crippen molar-refractivity contribution < 1.29 is 19.0 Å². The van der Waals surface area contributed by atoms with Gasteiger partial charge in [0.05, 0.1) is 19.8 Å². The first-order chi connectivity index (χ1) is 15.6. The van der Waals surface area contributed by atoms with Crippen LogP contribution in [0.5, 0.6) is 5.75 Å². The van der Waals surface area contributed by atoms with Crippen LogP contribution in [0.4, 0.5) is 0 Å². The monoisotopic (exact) mass is 439 g/mol. The van der Waals surface area contributed by atoms with Gasteiger partial charge in [0.25, 0.3) is 0 Å². The van der Waals surface area contributed by atoms with Gasteiger partial charge in [-0.3, -0.25) is 4.90 Å². The number of hydrogen-bond acceptors (Lipinski definition) is 5. The Morgan fingerprint density at radius 1 is 1.16 bits per heavy atom. The van der Waals surface area contributed by atoms with Crippen molar-refractivity contribution in [2.45, 2.75) is 63.3 Å². The van der Waals surface area contributed by atoms with Crippen molar-refractivity contribution >= 4 is 0 Å². The van der Waals surface area contributed by atoms with E-state index in [0.29, 0.717) is 25.1 Å². The van der Waals surface area contributed by atoms with Crippen molar-refractivity contribution in [1.29, 1.82) is 0 Å². The molecule has 1 atom stereocenters. The van der Waals surface area contributed by atoms with Crippen LogP contribution in [-0.4, -0.2) is 36.4 Å². The van der Waals surface area contributed by atoms with Gasteiger partial charge in [-0.25, -0.2) is 0 Å². The first-order valence-corrected chi connectivity index (χ1v) is 11.6. The lowest BCUT2D eigenvalue weighted by Gasteiger charge is -2.26. The Kier molecular flexibility index (Phi) is 9.15. The zero-order valence-electron chi connectivity index (χ0n) is 19.3. The SMILES string of the molecule is C=CCCC(O)(CCC=C)c1ccc(CN(Cc2cccc(OC)c2)C[C@@H]2CCCO2)o1. The van der Waals surface area contributed by atoms with E-state index in [4.69, 9.17) is 13.9 Å². The summed E-state index contributed by atoms with van der Waals surface area (Å²) in [7, 11) is 1.69. The molecule has 0 spiro atoms. The molecule has 1 N–H and O–H groups in total. The minimum absolute atomic E-state index is 0.243. The maximum absolute atomic E-state index is 11.3. The van der Waals surface area contributed by atoms with Crippen LogP contribution in [0.15, 0.2) is 66.1 Å². The number of methoxy groups -OCH3 is 1. The number of ether oxygens (including phenoxy) is 2. The van der Waals surface area contributed by atoms with E-state index in [9.17, 15) is 5.11 Å². The average molecular weight is 440 g/mol. The van der Waals surface area contributed by atoms with Gasteiger partial charge in [0.2, 0.25) is 0 Å². The molecule has 1 aliphatic heterocycles. The quantitative estimate of drug-likeness (QED) is 0.389. The predicted octanol–water partition coefficient (Wildman–Crippen LogP) is 5.59. The maximum Gasteiger partial charge on any atom is 0.135 e. The molecule has 1 aromatic heterocycles. The molecule has 3 rings (SSSR count). The van der Waals surface area contributed by atoms with E-state index in [1.54, 1.807) is 7.11 Å². The second kappa shape index (κ2) is 12.0. The maximum atomic E-state index is 11.3. The van der Waals surface area contributed by atoms with Crippen LogP contribution in [0.1, 0.15) is 55.6 Å². The molecule has 1 saturated heterocycles. The Morgan fingerprint density at radius 2 is 1.94 bits per heavy atom. The van der Waals surface area contributed by atoms with Gasteiger partial charge in [-0.15, -0.1) is 13.2 Å². The molecule has 0 radical (unpaired) electrons. The van der Waals surface area contributed by atoms with E-state index >= 15 is 0 Å². The first kappa shape index (κ1) is 24.3. The topological polar surface area (TPSA) is 55.1 Å². The minimum atomic E-state index is -1.01. The number of nitrogens with zero attached hydrogens (tertiary/aromatic N) is 1. The van der Waals surface area contributed by atoms with Crippen molar-refractivity contribution in [2.24, 2.45) is 0 Å². The van der Waals surface area contributed by atoms with Crippen LogP contribution in [0, 0.1) is 0 Å². The van der Waals surface area contributed by atoms with Crippen molar-refractivity contribution in [2.75, 3.05) is 20.3 Å². The normalized spacial score (nSPS) is 16.4. The zero-order chi connectivity index (χ0) is 22.8. The molecule has 1 aromatic carbocycles. The van der Waals surface area contributed by atoms with Crippen molar-refractivity contribution in [3.05, 3.63) is 78.8 Å². The third-order valence-corrected chi connectivity index (χ3v) is 6.05. The lowest BCUT2D eigenvalue weighted by atomic mass is 9.89. The lowest BCUT2D eigenvalue weighted by molar-refractivity contribution is -0.00261. The van der Waals surface area contributed by atoms with Gasteiger partial charge in [0.15, 0.2) is 0 Å². The molecular weight excluding hydrogens is 402 g/mol. The predicted molar refractivity (Wildman–Crippen MR) is 128 cm³/mol. The number of furan rings is 1. The number of allylic oxidation sites excluding steroid dienone is 2. The largest absolute Gasteiger partial charge is 0.497 e. The van der Waals surface area contributed by atoms with Gasteiger partial charge in [0, 0.05) is 19.7 Å². The first-order valence-electron chi connectivity index (χ1n) is 11.6.